The van der Waals surface area contributed by atoms with Crippen molar-refractivity contribution >= 4 is 43.9 Å². The van der Waals surface area contributed by atoms with Gasteiger partial charge in [-0.1, -0.05) is 31.4 Å². The quantitative estimate of drug-likeness (QED) is 0.475. The molecule has 0 spiro atoms. The molecule has 1 aliphatic heterocycles. The van der Waals surface area contributed by atoms with Gasteiger partial charge in [-0.25, -0.2) is 5.01 Å². The maximum Gasteiger partial charge on any atom is 0.285 e. The van der Waals surface area contributed by atoms with Gasteiger partial charge >= 0.3 is 0 Å². The van der Waals surface area contributed by atoms with E-state index in [0.29, 0.717) is 16.0 Å². The number of halogens is 1. The molecule has 0 radical (unpaired) electrons. The van der Waals surface area contributed by atoms with Crippen molar-refractivity contribution in [2.75, 3.05) is 6.54 Å². The van der Waals surface area contributed by atoms with Crippen LogP contribution < -0.4 is 5.32 Å². The Labute approximate surface area is 189 Å². The van der Waals surface area contributed by atoms with Crippen LogP contribution in [0.3, 0.4) is 0 Å². The van der Waals surface area contributed by atoms with Gasteiger partial charge < -0.3 is 9.73 Å². The van der Waals surface area contributed by atoms with Crippen molar-refractivity contribution in [3.8, 4) is 0 Å². The van der Waals surface area contributed by atoms with Crippen molar-refractivity contribution in [3.05, 3.63) is 52.4 Å². The SMILES string of the molecule is O=C(CCN(/N=C\c1ccc(Br)o1)C1=NS(=O)(=O)c2ccccc21)NC1CCCCC1. The monoisotopic (exact) mass is 506 g/mol. The van der Waals surface area contributed by atoms with Crippen LogP contribution in [0.5, 0.6) is 0 Å². The number of hydrazone groups is 1. The highest BCUT2D eigenvalue weighted by molar-refractivity contribution is 9.10. The normalized spacial score (nSPS) is 18.0. The lowest BCUT2D eigenvalue weighted by molar-refractivity contribution is -0.122. The summed E-state index contributed by atoms with van der Waals surface area (Å²) in [6, 6.07) is 10.3. The van der Waals surface area contributed by atoms with Gasteiger partial charge in [-0.05, 0) is 53.0 Å². The zero-order valence-corrected chi connectivity index (χ0v) is 19.2. The number of rotatable bonds is 6. The van der Waals surface area contributed by atoms with Crippen molar-refractivity contribution < 1.29 is 17.6 Å². The number of fused-ring (bicyclic) bond motifs is 1. The molecule has 4 rings (SSSR count). The molecule has 0 saturated heterocycles. The van der Waals surface area contributed by atoms with Crippen molar-refractivity contribution in [2.45, 2.75) is 49.5 Å². The van der Waals surface area contributed by atoms with Crippen LogP contribution in [0.4, 0.5) is 0 Å². The van der Waals surface area contributed by atoms with E-state index >= 15 is 0 Å². The third-order valence-corrected chi connectivity index (χ3v) is 7.05. The lowest BCUT2D eigenvalue weighted by Crippen LogP contribution is -2.38. The van der Waals surface area contributed by atoms with Crippen LogP contribution in [0.25, 0.3) is 0 Å². The minimum absolute atomic E-state index is 0.0809. The molecule has 1 aromatic heterocycles. The van der Waals surface area contributed by atoms with Gasteiger partial charge in [0.1, 0.15) is 10.7 Å². The highest BCUT2D eigenvalue weighted by Gasteiger charge is 2.32. The molecule has 10 heteroatoms. The minimum Gasteiger partial charge on any atom is -0.448 e. The summed E-state index contributed by atoms with van der Waals surface area (Å²) >= 11 is 3.24. The average molecular weight is 507 g/mol. The molecular weight excluding hydrogens is 484 g/mol. The number of benzene rings is 1. The fourth-order valence-corrected chi connectivity index (χ4v) is 5.30. The number of amidine groups is 1. The standard InChI is InChI=1S/C21H23BrN4O4S/c22-19-11-10-16(30-19)14-23-26(13-12-20(27)24-15-6-2-1-3-7-15)21-17-8-4-5-9-18(17)31(28,29)25-21/h4-5,8-11,14-15H,1-3,6-7,12-13H2,(H,24,27)/b23-14-. The van der Waals surface area contributed by atoms with Crippen LogP contribution >= 0.6 is 15.9 Å². The molecule has 0 bridgehead atoms. The molecule has 2 aliphatic rings. The summed E-state index contributed by atoms with van der Waals surface area (Å²) in [6.07, 6.45) is 7.11. The summed E-state index contributed by atoms with van der Waals surface area (Å²) in [5.74, 6) is 0.601. The maximum absolute atomic E-state index is 12.5. The van der Waals surface area contributed by atoms with Gasteiger partial charge in [0.25, 0.3) is 10.0 Å². The Balaban J connectivity index is 1.54. The van der Waals surface area contributed by atoms with Gasteiger partial charge in [-0.2, -0.15) is 13.5 Å². The number of sulfonamides is 1. The lowest BCUT2D eigenvalue weighted by Gasteiger charge is -2.23. The fraction of sp³-hybridized carbons (Fsp3) is 0.381. The smallest absolute Gasteiger partial charge is 0.285 e. The molecule has 0 atom stereocenters. The van der Waals surface area contributed by atoms with Crippen LogP contribution in [-0.4, -0.2) is 44.0 Å². The van der Waals surface area contributed by atoms with E-state index in [4.69, 9.17) is 4.42 Å². The Morgan fingerprint density at radius 2 is 2.00 bits per heavy atom. The second-order valence-corrected chi connectivity index (χ2v) is 9.90. The maximum atomic E-state index is 12.5. The molecule has 1 fully saturated rings. The van der Waals surface area contributed by atoms with Crippen LogP contribution in [0.2, 0.25) is 0 Å². The highest BCUT2D eigenvalue weighted by Crippen LogP contribution is 2.28. The van der Waals surface area contributed by atoms with E-state index in [9.17, 15) is 13.2 Å². The Kier molecular flexibility index (Phi) is 6.57. The number of furan rings is 1. The molecule has 1 amide bonds. The average Bonchev–Trinajstić information content (AvgIpc) is 3.29. The van der Waals surface area contributed by atoms with E-state index in [-0.39, 0.29) is 35.6 Å². The first kappa shape index (κ1) is 21.8. The topological polar surface area (TPSA) is 104 Å². The first-order chi connectivity index (χ1) is 14.9. The lowest BCUT2D eigenvalue weighted by atomic mass is 9.95. The summed E-state index contributed by atoms with van der Waals surface area (Å²) in [5.41, 5.74) is 0.466. The Bertz CT molecular complexity index is 1120. The Hall–Kier alpha value is -2.46. The van der Waals surface area contributed by atoms with Gasteiger partial charge in [-0.3, -0.25) is 4.79 Å². The Morgan fingerprint density at radius 3 is 2.74 bits per heavy atom. The van der Waals surface area contributed by atoms with E-state index < -0.39 is 10.0 Å². The molecule has 1 N–H and O–H groups in total. The number of carbonyl (C=O) groups excluding carboxylic acids is 1. The molecule has 1 saturated carbocycles. The van der Waals surface area contributed by atoms with E-state index in [2.05, 4.69) is 30.7 Å². The summed E-state index contributed by atoms with van der Waals surface area (Å²) in [5, 5.41) is 8.91. The molecule has 1 aliphatic carbocycles. The van der Waals surface area contributed by atoms with E-state index in [1.807, 2.05) is 0 Å². The van der Waals surface area contributed by atoms with Crippen molar-refractivity contribution in [1.29, 1.82) is 0 Å². The van der Waals surface area contributed by atoms with Crippen molar-refractivity contribution in [3.63, 3.8) is 0 Å². The fourth-order valence-electron chi connectivity index (χ4n) is 3.77. The van der Waals surface area contributed by atoms with Gasteiger partial charge in [0.2, 0.25) is 5.91 Å². The largest absolute Gasteiger partial charge is 0.448 e. The molecule has 2 heterocycles. The zero-order chi connectivity index (χ0) is 21.8. The number of hydrogen-bond acceptors (Lipinski definition) is 6. The Morgan fingerprint density at radius 1 is 1.23 bits per heavy atom. The van der Waals surface area contributed by atoms with Crippen LogP contribution in [-0.2, 0) is 14.8 Å². The zero-order valence-electron chi connectivity index (χ0n) is 16.8. The molecule has 31 heavy (non-hydrogen) atoms. The molecule has 164 valence electrons. The van der Waals surface area contributed by atoms with E-state index in [1.54, 1.807) is 30.3 Å². The summed E-state index contributed by atoms with van der Waals surface area (Å²) in [7, 11) is -3.80. The molecule has 1 aromatic carbocycles. The van der Waals surface area contributed by atoms with Crippen LogP contribution in [0.1, 0.15) is 49.8 Å². The van der Waals surface area contributed by atoms with Crippen molar-refractivity contribution in [2.24, 2.45) is 9.50 Å². The first-order valence-electron chi connectivity index (χ1n) is 10.2. The number of amides is 1. The van der Waals surface area contributed by atoms with Gasteiger partial charge in [0, 0.05) is 18.0 Å². The third-order valence-electron chi connectivity index (χ3n) is 5.30. The predicted octanol–water partition coefficient (Wildman–Crippen LogP) is 3.67. The number of hydrogen-bond donors (Lipinski definition) is 1. The second-order valence-electron chi connectivity index (χ2n) is 7.55. The number of nitrogens with zero attached hydrogens (tertiary/aromatic N) is 3. The summed E-state index contributed by atoms with van der Waals surface area (Å²) < 4.78 is 34.9. The molecule has 8 nitrogen and oxygen atoms in total. The third kappa shape index (κ3) is 5.24. The second kappa shape index (κ2) is 9.35. The number of nitrogens with one attached hydrogen (secondary N) is 1. The number of carbonyl (C=O) groups is 1. The predicted molar refractivity (Wildman–Crippen MR) is 121 cm³/mol. The molecular formula is C21H23BrN4O4S. The molecule has 2 aromatic rings. The molecule has 0 unspecified atom stereocenters. The summed E-state index contributed by atoms with van der Waals surface area (Å²) in [6.45, 7) is 0.180. The summed E-state index contributed by atoms with van der Waals surface area (Å²) in [4.78, 5) is 12.6. The van der Waals surface area contributed by atoms with Gasteiger partial charge in [-0.15, -0.1) is 4.40 Å². The highest BCUT2D eigenvalue weighted by atomic mass is 79.9. The van der Waals surface area contributed by atoms with E-state index in [0.717, 1.165) is 25.7 Å². The van der Waals surface area contributed by atoms with E-state index in [1.165, 1.54) is 23.7 Å². The van der Waals surface area contributed by atoms with Gasteiger partial charge in [0.15, 0.2) is 10.5 Å². The van der Waals surface area contributed by atoms with Gasteiger partial charge in [0.05, 0.1) is 12.8 Å². The first-order valence-corrected chi connectivity index (χ1v) is 12.5. The minimum atomic E-state index is -3.80. The van der Waals surface area contributed by atoms with Crippen LogP contribution in [0, 0.1) is 0 Å². The van der Waals surface area contributed by atoms with Crippen LogP contribution in [0.15, 0.2) is 59.9 Å². The van der Waals surface area contributed by atoms with Crippen molar-refractivity contribution in [1.82, 2.24) is 10.3 Å².